The van der Waals surface area contributed by atoms with Gasteiger partial charge in [0.05, 0.1) is 0 Å². The lowest BCUT2D eigenvalue weighted by atomic mass is 10.2. The molecule has 0 bridgehead atoms. The summed E-state index contributed by atoms with van der Waals surface area (Å²) >= 11 is 0. The SMILES string of the molecule is CC1CCNCCNC(C)CCNCCN1. The summed E-state index contributed by atoms with van der Waals surface area (Å²) in [5.41, 5.74) is 0. The fraction of sp³-hybridized carbons (Fsp3) is 1.00. The van der Waals surface area contributed by atoms with E-state index in [2.05, 4.69) is 35.1 Å². The average molecular weight is 228 g/mol. The number of hydrogen-bond acceptors (Lipinski definition) is 4. The predicted molar refractivity (Wildman–Crippen MR) is 69.9 cm³/mol. The maximum absolute atomic E-state index is 3.53. The van der Waals surface area contributed by atoms with Gasteiger partial charge in [0.1, 0.15) is 0 Å². The lowest BCUT2D eigenvalue weighted by Crippen LogP contribution is -2.40. The highest BCUT2D eigenvalue weighted by Crippen LogP contribution is 1.90. The largest absolute Gasteiger partial charge is 0.315 e. The van der Waals surface area contributed by atoms with Crippen LogP contribution in [0.1, 0.15) is 26.7 Å². The molecular weight excluding hydrogens is 200 g/mol. The second-order valence-corrected chi connectivity index (χ2v) is 4.79. The van der Waals surface area contributed by atoms with Crippen LogP contribution in [-0.2, 0) is 0 Å². The van der Waals surface area contributed by atoms with Crippen LogP contribution in [0.25, 0.3) is 0 Å². The highest BCUT2D eigenvalue weighted by Gasteiger charge is 2.03. The van der Waals surface area contributed by atoms with Crippen molar-refractivity contribution in [3.63, 3.8) is 0 Å². The summed E-state index contributed by atoms with van der Waals surface area (Å²) in [5.74, 6) is 0. The van der Waals surface area contributed by atoms with Gasteiger partial charge < -0.3 is 21.3 Å². The quantitative estimate of drug-likeness (QED) is 0.468. The monoisotopic (exact) mass is 228 g/mol. The van der Waals surface area contributed by atoms with E-state index >= 15 is 0 Å². The summed E-state index contributed by atoms with van der Waals surface area (Å²) < 4.78 is 0. The average Bonchev–Trinajstić information content (AvgIpc) is 2.27. The van der Waals surface area contributed by atoms with Crippen molar-refractivity contribution in [3.8, 4) is 0 Å². The molecule has 0 radical (unpaired) electrons. The van der Waals surface area contributed by atoms with Crippen LogP contribution < -0.4 is 21.3 Å². The lowest BCUT2D eigenvalue weighted by Gasteiger charge is -2.18. The molecule has 16 heavy (non-hydrogen) atoms. The zero-order valence-corrected chi connectivity index (χ0v) is 10.8. The third kappa shape index (κ3) is 7.17. The number of rotatable bonds is 0. The van der Waals surface area contributed by atoms with Gasteiger partial charge in [0, 0.05) is 38.3 Å². The summed E-state index contributed by atoms with van der Waals surface area (Å²) in [4.78, 5) is 0. The third-order valence-electron chi connectivity index (χ3n) is 3.10. The summed E-state index contributed by atoms with van der Waals surface area (Å²) in [5, 5.41) is 14.0. The number of nitrogens with one attached hydrogen (secondary N) is 4. The Morgan fingerprint density at radius 1 is 0.625 bits per heavy atom. The topological polar surface area (TPSA) is 48.1 Å². The first kappa shape index (κ1) is 13.9. The van der Waals surface area contributed by atoms with Crippen molar-refractivity contribution in [2.45, 2.75) is 38.8 Å². The molecule has 1 aliphatic rings. The maximum Gasteiger partial charge on any atom is 0.00792 e. The van der Waals surface area contributed by atoms with E-state index in [1.54, 1.807) is 0 Å². The summed E-state index contributed by atoms with van der Waals surface area (Å²) in [7, 11) is 0. The van der Waals surface area contributed by atoms with E-state index in [9.17, 15) is 0 Å². The van der Waals surface area contributed by atoms with Crippen molar-refractivity contribution in [3.05, 3.63) is 0 Å². The molecule has 2 unspecified atom stereocenters. The van der Waals surface area contributed by atoms with Crippen molar-refractivity contribution in [2.24, 2.45) is 0 Å². The van der Waals surface area contributed by atoms with E-state index in [1.807, 2.05) is 0 Å². The molecule has 4 nitrogen and oxygen atoms in total. The highest BCUT2D eigenvalue weighted by molar-refractivity contribution is 4.67. The van der Waals surface area contributed by atoms with Gasteiger partial charge in [-0.3, -0.25) is 0 Å². The van der Waals surface area contributed by atoms with E-state index in [0.29, 0.717) is 12.1 Å². The van der Waals surface area contributed by atoms with Crippen molar-refractivity contribution in [1.29, 1.82) is 0 Å². The zero-order chi connectivity index (χ0) is 11.6. The van der Waals surface area contributed by atoms with Crippen LogP contribution in [-0.4, -0.2) is 51.4 Å². The van der Waals surface area contributed by atoms with Gasteiger partial charge in [-0.05, 0) is 39.8 Å². The van der Waals surface area contributed by atoms with Crippen molar-refractivity contribution in [2.75, 3.05) is 39.3 Å². The standard InChI is InChI=1S/C12H28N4/c1-11-3-5-13-8-10-16-12(2)4-6-14-7-9-15-11/h11-16H,3-10H2,1-2H3. The van der Waals surface area contributed by atoms with Gasteiger partial charge in [0.15, 0.2) is 0 Å². The molecule has 2 atom stereocenters. The molecule has 1 heterocycles. The Hall–Kier alpha value is -0.160. The lowest BCUT2D eigenvalue weighted by molar-refractivity contribution is 0.445. The first-order chi connectivity index (χ1) is 7.79. The molecule has 1 saturated heterocycles. The fourth-order valence-corrected chi connectivity index (χ4v) is 1.91. The zero-order valence-electron chi connectivity index (χ0n) is 10.8. The molecule has 0 amide bonds. The fourth-order valence-electron chi connectivity index (χ4n) is 1.91. The van der Waals surface area contributed by atoms with Crippen molar-refractivity contribution in [1.82, 2.24) is 21.3 Å². The van der Waals surface area contributed by atoms with Gasteiger partial charge >= 0.3 is 0 Å². The molecule has 4 N–H and O–H groups in total. The Morgan fingerprint density at radius 3 is 1.50 bits per heavy atom. The number of hydrogen-bond donors (Lipinski definition) is 4. The van der Waals surface area contributed by atoms with E-state index in [1.165, 1.54) is 12.8 Å². The van der Waals surface area contributed by atoms with Crippen molar-refractivity contribution >= 4 is 0 Å². The smallest absolute Gasteiger partial charge is 0.00792 e. The Bertz CT molecular complexity index is 129. The highest BCUT2D eigenvalue weighted by atomic mass is 15.0. The molecule has 0 aliphatic carbocycles. The van der Waals surface area contributed by atoms with Crippen LogP contribution in [0.5, 0.6) is 0 Å². The van der Waals surface area contributed by atoms with Gasteiger partial charge in [-0.1, -0.05) is 0 Å². The van der Waals surface area contributed by atoms with Gasteiger partial charge in [-0.25, -0.2) is 0 Å². The van der Waals surface area contributed by atoms with Gasteiger partial charge in [-0.15, -0.1) is 0 Å². The molecule has 1 fully saturated rings. The molecule has 0 aromatic heterocycles. The van der Waals surface area contributed by atoms with Crippen molar-refractivity contribution < 1.29 is 0 Å². The first-order valence-corrected chi connectivity index (χ1v) is 6.67. The Labute approximate surface area is 99.9 Å². The Balaban J connectivity index is 2.18. The Kier molecular flexibility index (Phi) is 7.76. The summed E-state index contributed by atoms with van der Waals surface area (Å²) in [6, 6.07) is 1.23. The van der Waals surface area contributed by atoms with E-state index < -0.39 is 0 Å². The summed E-state index contributed by atoms with van der Waals surface area (Å²) in [6.45, 7) is 11.0. The normalized spacial score (nSPS) is 31.9. The molecular formula is C12H28N4. The molecule has 1 rings (SSSR count). The molecule has 0 saturated carbocycles. The minimum absolute atomic E-state index is 0.615. The van der Waals surface area contributed by atoms with Gasteiger partial charge in [0.2, 0.25) is 0 Å². The van der Waals surface area contributed by atoms with E-state index in [0.717, 1.165) is 39.3 Å². The minimum Gasteiger partial charge on any atom is -0.315 e. The Morgan fingerprint density at radius 2 is 1.06 bits per heavy atom. The minimum atomic E-state index is 0.615. The van der Waals surface area contributed by atoms with E-state index in [4.69, 9.17) is 0 Å². The molecule has 0 aromatic carbocycles. The van der Waals surface area contributed by atoms with Gasteiger partial charge in [0.25, 0.3) is 0 Å². The molecule has 0 aromatic rings. The van der Waals surface area contributed by atoms with Crippen LogP contribution in [0.4, 0.5) is 0 Å². The van der Waals surface area contributed by atoms with Crippen LogP contribution in [0.3, 0.4) is 0 Å². The summed E-state index contributed by atoms with van der Waals surface area (Å²) in [6.07, 6.45) is 2.41. The van der Waals surface area contributed by atoms with Crippen LogP contribution in [0, 0.1) is 0 Å². The van der Waals surface area contributed by atoms with Crippen LogP contribution in [0.2, 0.25) is 0 Å². The van der Waals surface area contributed by atoms with E-state index in [-0.39, 0.29) is 0 Å². The maximum atomic E-state index is 3.53. The van der Waals surface area contributed by atoms with Gasteiger partial charge in [-0.2, -0.15) is 0 Å². The van der Waals surface area contributed by atoms with Crippen LogP contribution in [0.15, 0.2) is 0 Å². The first-order valence-electron chi connectivity index (χ1n) is 6.67. The molecule has 4 heteroatoms. The second-order valence-electron chi connectivity index (χ2n) is 4.79. The van der Waals surface area contributed by atoms with Crippen LogP contribution >= 0.6 is 0 Å². The predicted octanol–water partition coefficient (Wildman–Crippen LogP) is -0.0844. The molecule has 0 spiro atoms. The molecule has 96 valence electrons. The molecule has 1 aliphatic heterocycles. The second kappa shape index (κ2) is 8.93. The third-order valence-corrected chi connectivity index (χ3v) is 3.10.